The lowest BCUT2D eigenvalue weighted by atomic mass is 10.1. The van der Waals surface area contributed by atoms with Crippen LogP contribution in [0.2, 0.25) is 0 Å². The molecule has 24 heteroatoms. The van der Waals surface area contributed by atoms with Gasteiger partial charge >= 0.3 is 8.25 Å². The van der Waals surface area contributed by atoms with Crippen LogP contribution in [-0.2, 0) is 32.7 Å². The van der Waals surface area contributed by atoms with Crippen LogP contribution in [0.4, 0.5) is 20.7 Å². The van der Waals surface area contributed by atoms with E-state index in [0.717, 1.165) is 21.8 Å². The first-order chi connectivity index (χ1) is 24.7. The molecule has 2 fully saturated rings. The average Bonchev–Trinajstić information content (AvgIpc) is 3.85. The molecule has 0 radical (unpaired) electrons. The summed E-state index contributed by atoms with van der Waals surface area (Å²) >= 11 is 0. The molecule has 8 atom stereocenters. The third kappa shape index (κ3) is 6.95. The van der Waals surface area contributed by atoms with Gasteiger partial charge in [-0.3, -0.25) is 48.9 Å². The van der Waals surface area contributed by atoms with E-state index in [0.29, 0.717) is 0 Å². The predicted molar refractivity (Wildman–Crippen MR) is 172 cm³/mol. The Hall–Kier alpha value is -4.64. The molecule has 0 spiro atoms. The zero-order valence-electron chi connectivity index (χ0n) is 27.8. The van der Waals surface area contributed by atoms with Crippen molar-refractivity contribution in [3.63, 3.8) is 0 Å². The molecule has 4 aromatic rings. The Labute approximate surface area is 291 Å². The number of fused-ring (bicyclic) bond motifs is 2. The number of carbonyl (C=O) groups excluding carboxylic acids is 2. The Bertz CT molecular complexity index is 1980. The molecule has 6 N–H and O–H groups in total. The van der Waals surface area contributed by atoms with E-state index in [9.17, 15) is 34.0 Å². The Morgan fingerprint density at radius 3 is 1.56 bits per heavy atom. The van der Waals surface area contributed by atoms with Crippen LogP contribution in [-0.4, -0.2) is 111 Å². The van der Waals surface area contributed by atoms with Gasteiger partial charge < -0.3 is 19.7 Å². The number of aromatic nitrogens is 8. The number of hydrogen-bond donors (Lipinski definition) is 6. The fourth-order valence-electron chi connectivity index (χ4n) is 5.45. The number of aliphatic hydroxyl groups excluding tert-OH is 2. The van der Waals surface area contributed by atoms with Gasteiger partial charge in [-0.05, 0) is 0 Å². The fourth-order valence-corrected chi connectivity index (χ4v) is 6.33. The summed E-state index contributed by atoms with van der Waals surface area (Å²) in [4.78, 5) is 71.1. The summed E-state index contributed by atoms with van der Waals surface area (Å²) < 4.78 is 69.1. The molecule has 4 aromatic heterocycles. The van der Waals surface area contributed by atoms with Crippen molar-refractivity contribution in [2.45, 2.75) is 76.9 Å². The highest BCUT2D eigenvalue weighted by atomic mass is 31.1. The van der Waals surface area contributed by atoms with E-state index in [2.05, 4.69) is 40.5 Å². The lowest BCUT2D eigenvalue weighted by molar-refractivity contribution is -0.119. The molecule has 0 saturated carbocycles. The summed E-state index contributed by atoms with van der Waals surface area (Å²) in [5, 5.41) is 24.5. The number of hydrogen-bond acceptors (Lipinski definition) is 15. The van der Waals surface area contributed by atoms with Crippen LogP contribution in [0, 0.1) is 11.8 Å². The Balaban J connectivity index is 1.28. The average molecular weight is 756 g/mol. The van der Waals surface area contributed by atoms with Crippen LogP contribution >= 0.6 is 8.25 Å². The lowest BCUT2D eigenvalue weighted by Gasteiger charge is -2.18. The smallest absolute Gasteiger partial charge is 0.394 e. The van der Waals surface area contributed by atoms with E-state index in [1.54, 1.807) is 27.7 Å². The van der Waals surface area contributed by atoms with E-state index in [1.807, 2.05) is 0 Å². The zero-order valence-corrected chi connectivity index (χ0v) is 28.7. The molecular weight excluding hydrogens is 721 g/mol. The molecule has 52 heavy (non-hydrogen) atoms. The van der Waals surface area contributed by atoms with E-state index in [1.165, 1.54) is 0 Å². The van der Waals surface area contributed by atoms with Gasteiger partial charge in [-0.2, -0.15) is 9.97 Å². The molecule has 0 aromatic carbocycles. The highest BCUT2D eigenvalue weighted by Gasteiger charge is 2.56. The summed E-state index contributed by atoms with van der Waals surface area (Å²) in [6.07, 6.45) is -12.1. The van der Waals surface area contributed by atoms with Crippen LogP contribution in [0.1, 0.15) is 40.2 Å². The Morgan fingerprint density at radius 2 is 1.21 bits per heavy atom. The topological polar surface area (TPSA) is 280 Å². The van der Waals surface area contributed by atoms with Gasteiger partial charge in [0.2, 0.25) is 23.7 Å². The summed E-state index contributed by atoms with van der Waals surface area (Å²) in [7, 11) is -3.47. The molecule has 6 heterocycles. The van der Waals surface area contributed by atoms with Crippen molar-refractivity contribution in [3.8, 4) is 0 Å². The SMILES string of the molecule is CC(C)C(=O)Nc1nc2c(ncn2C2O[C@H](CO)[C@H](F)C2O[P+](=O)OC2C(n3cnc4c(=O)[nH]c(NC(=O)C(C)C)nc43)O[C@H](CO)[C@@H]2F)c(=O)[nH]1. The highest BCUT2D eigenvalue weighted by molar-refractivity contribution is 7.33. The largest absolute Gasteiger partial charge is 0.698 e. The predicted octanol–water partition coefficient (Wildman–Crippen LogP) is 0.325. The normalized spacial score (nSPS) is 26.5. The number of alkyl halides is 2. The second-order valence-corrected chi connectivity index (χ2v) is 13.4. The molecule has 4 unspecified atom stereocenters. The molecule has 0 bridgehead atoms. The van der Waals surface area contributed by atoms with Crippen molar-refractivity contribution in [2.24, 2.45) is 11.8 Å². The summed E-state index contributed by atoms with van der Waals surface area (Å²) in [6, 6.07) is 0. The second-order valence-electron chi connectivity index (χ2n) is 12.5. The van der Waals surface area contributed by atoms with Crippen molar-refractivity contribution in [3.05, 3.63) is 33.4 Å². The van der Waals surface area contributed by atoms with Crippen LogP contribution < -0.4 is 21.8 Å². The summed E-state index contributed by atoms with van der Waals surface area (Å²) in [6.45, 7) is 4.74. The number of amides is 2. The van der Waals surface area contributed by atoms with E-state index < -0.39 is 105 Å². The van der Waals surface area contributed by atoms with Crippen LogP contribution in [0.3, 0.4) is 0 Å². The van der Waals surface area contributed by atoms with Crippen LogP contribution in [0.5, 0.6) is 0 Å². The minimum absolute atomic E-state index is 0.194. The summed E-state index contributed by atoms with van der Waals surface area (Å²) in [5.74, 6) is -2.40. The lowest BCUT2D eigenvalue weighted by Crippen LogP contribution is -2.33. The first-order valence-electron chi connectivity index (χ1n) is 15.9. The van der Waals surface area contributed by atoms with E-state index in [-0.39, 0.29) is 34.2 Å². The van der Waals surface area contributed by atoms with Gasteiger partial charge in [0.25, 0.3) is 11.1 Å². The number of nitrogens with one attached hydrogen (secondary N) is 4. The number of H-pyrrole nitrogens is 2. The quantitative estimate of drug-likeness (QED) is 0.106. The maximum atomic E-state index is 15.7. The first-order valence-corrected chi connectivity index (χ1v) is 17.0. The number of ether oxygens (including phenoxy) is 2. The molecule has 2 aliphatic heterocycles. The third-order valence-corrected chi connectivity index (χ3v) is 9.08. The maximum Gasteiger partial charge on any atom is 0.698 e. The van der Waals surface area contributed by atoms with Crippen LogP contribution in [0.25, 0.3) is 22.3 Å². The number of anilines is 2. The molecule has 0 aliphatic carbocycles. The molecule has 21 nitrogen and oxygen atoms in total. The number of halogens is 2. The summed E-state index contributed by atoms with van der Waals surface area (Å²) in [5.41, 5.74) is -2.38. The fraction of sp³-hybridized carbons (Fsp3) is 0.571. The van der Waals surface area contributed by atoms with Gasteiger partial charge in [0, 0.05) is 16.4 Å². The maximum absolute atomic E-state index is 15.7. The number of rotatable bonds is 12. The molecule has 2 saturated heterocycles. The number of carbonyl (C=O) groups is 2. The molecule has 280 valence electrons. The number of nitrogens with zero attached hydrogens (tertiary/aromatic N) is 6. The molecule has 2 aliphatic rings. The van der Waals surface area contributed by atoms with Crippen molar-refractivity contribution in [1.82, 2.24) is 39.0 Å². The van der Waals surface area contributed by atoms with Crippen molar-refractivity contribution < 1.29 is 51.7 Å². The first kappa shape index (κ1) is 37.1. The van der Waals surface area contributed by atoms with E-state index >= 15 is 8.78 Å². The minimum Gasteiger partial charge on any atom is -0.394 e. The van der Waals surface area contributed by atoms with Gasteiger partial charge in [0.05, 0.1) is 25.9 Å². The van der Waals surface area contributed by atoms with Gasteiger partial charge in [0.1, 0.15) is 12.2 Å². The molecular formula is C28H34F2N10O11P+. The van der Waals surface area contributed by atoms with Crippen LogP contribution in [0.15, 0.2) is 22.2 Å². The number of aromatic amines is 2. The third-order valence-electron chi connectivity index (χ3n) is 8.25. The number of aliphatic hydroxyl groups is 2. The number of imidazole rings is 2. The van der Waals surface area contributed by atoms with Gasteiger partial charge in [-0.15, -0.1) is 9.05 Å². The monoisotopic (exact) mass is 755 g/mol. The van der Waals surface area contributed by atoms with Gasteiger partial charge in [-0.1, -0.05) is 27.7 Å². The van der Waals surface area contributed by atoms with Gasteiger partial charge in [-0.25, -0.2) is 18.7 Å². The Morgan fingerprint density at radius 1 is 0.827 bits per heavy atom. The standard InChI is InChI=1S/C28H33F2N10O11P/c1-9(2)21(43)35-27-33-19-15(23(45)37-27)31-7-39(19)25-17(13(29)11(5-41)48-25)50-52(47)51-18-14(30)12(6-42)49-26(18)40-8-32-16-20(40)34-28(38-24(16)46)36-22(44)10(3)4/h7-14,17-18,25-26,41-42H,5-6H2,1-4H3,(H3-,33,34,35,36,37,38,43,44,45,46)/p+1/t11-,12-,13+,14+,17?,18?,25?,26?/m1/s1. The molecule has 2 amide bonds. The van der Waals surface area contributed by atoms with E-state index in [4.69, 9.17) is 18.5 Å². The molecule has 6 rings (SSSR count). The minimum atomic E-state index is -3.47. The van der Waals surface area contributed by atoms with Crippen molar-refractivity contribution >= 4 is 54.3 Å². The Kier molecular flexibility index (Phi) is 10.5. The van der Waals surface area contributed by atoms with Crippen molar-refractivity contribution in [1.29, 1.82) is 0 Å². The second kappa shape index (κ2) is 14.8. The zero-order chi connectivity index (χ0) is 37.6. The van der Waals surface area contributed by atoms with Gasteiger partial charge in [0.15, 0.2) is 59.3 Å². The highest BCUT2D eigenvalue weighted by Crippen LogP contribution is 2.45. The van der Waals surface area contributed by atoms with Crippen molar-refractivity contribution in [2.75, 3.05) is 23.8 Å².